The van der Waals surface area contributed by atoms with Crippen molar-refractivity contribution >= 4 is 0 Å². The van der Waals surface area contributed by atoms with Crippen LogP contribution in [-0.2, 0) is 5.41 Å². The molecule has 0 bridgehead atoms. The van der Waals surface area contributed by atoms with Crippen molar-refractivity contribution in [3.63, 3.8) is 0 Å². The van der Waals surface area contributed by atoms with E-state index in [1.165, 1.54) is 11.6 Å². The topological polar surface area (TPSA) is 52.5 Å². The lowest BCUT2D eigenvalue weighted by molar-refractivity contribution is 0.412. The van der Waals surface area contributed by atoms with Gasteiger partial charge in [0.05, 0.1) is 0 Å². The number of benzene rings is 2. The minimum Gasteiger partial charge on any atom is -0.508 e. The lowest BCUT2D eigenvalue weighted by Gasteiger charge is -2.28. The molecule has 0 spiro atoms. The summed E-state index contributed by atoms with van der Waals surface area (Å²) in [6.07, 6.45) is 0. The molecule has 0 aromatic heterocycles. The molecule has 2 aromatic carbocycles. The predicted octanol–water partition coefficient (Wildman–Crippen LogP) is 3.73. The van der Waals surface area contributed by atoms with Crippen LogP contribution in [0.5, 0.6) is 11.5 Å². The van der Waals surface area contributed by atoms with Gasteiger partial charge in [-0.15, -0.1) is 0 Å². The molecular formula is C18H23NO2. The van der Waals surface area contributed by atoms with Crippen LogP contribution < -0.4 is 5.32 Å². The van der Waals surface area contributed by atoms with Crippen LogP contribution in [0.2, 0.25) is 0 Å². The molecule has 1 unspecified atom stereocenters. The summed E-state index contributed by atoms with van der Waals surface area (Å²) in [5.41, 5.74) is 2.07. The summed E-state index contributed by atoms with van der Waals surface area (Å²) in [7, 11) is 0. The van der Waals surface area contributed by atoms with Crippen molar-refractivity contribution in [2.24, 2.45) is 0 Å². The molecule has 3 nitrogen and oxygen atoms in total. The Morgan fingerprint density at radius 3 is 2.33 bits per heavy atom. The number of rotatable bonds is 5. The summed E-state index contributed by atoms with van der Waals surface area (Å²) >= 11 is 0. The summed E-state index contributed by atoms with van der Waals surface area (Å²) in [5.74, 6) is 0.195. The zero-order valence-electron chi connectivity index (χ0n) is 12.8. The first-order valence-electron chi connectivity index (χ1n) is 7.21. The van der Waals surface area contributed by atoms with Gasteiger partial charge in [0.2, 0.25) is 0 Å². The Balaban J connectivity index is 2.05. The van der Waals surface area contributed by atoms with Crippen molar-refractivity contribution in [1.29, 1.82) is 0 Å². The summed E-state index contributed by atoms with van der Waals surface area (Å²) in [6, 6.07) is 15.1. The van der Waals surface area contributed by atoms with Crippen molar-refractivity contribution < 1.29 is 10.2 Å². The number of nitrogens with one attached hydrogen (secondary N) is 1. The molecule has 3 N–H and O–H groups in total. The summed E-state index contributed by atoms with van der Waals surface area (Å²) in [6.45, 7) is 7.18. The minimum atomic E-state index is 0.00204. The van der Waals surface area contributed by atoms with Crippen LogP contribution in [0.25, 0.3) is 0 Å². The van der Waals surface area contributed by atoms with Gasteiger partial charge < -0.3 is 15.5 Å². The fourth-order valence-corrected chi connectivity index (χ4v) is 2.41. The highest BCUT2D eigenvalue weighted by Gasteiger charge is 2.21. The SMILES string of the molecule is CC(NCC(C)(C)c1ccccc1)c1ccc(O)cc1O. The van der Waals surface area contributed by atoms with E-state index < -0.39 is 0 Å². The van der Waals surface area contributed by atoms with Gasteiger partial charge in [0.1, 0.15) is 11.5 Å². The van der Waals surface area contributed by atoms with Crippen LogP contribution in [0.15, 0.2) is 48.5 Å². The van der Waals surface area contributed by atoms with Gasteiger partial charge >= 0.3 is 0 Å². The molecule has 0 aliphatic carbocycles. The number of phenols is 2. The van der Waals surface area contributed by atoms with Crippen molar-refractivity contribution in [3.8, 4) is 11.5 Å². The van der Waals surface area contributed by atoms with E-state index in [1.54, 1.807) is 12.1 Å². The van der Waals surface area contributed by atoms with E-state index in [1.807, 2.05) is 25.1 Å². The second kappa shape index (κ2) is 6.19. The average molecular weight is 285 g/mol. The van der Waals surface area contributed by atoms with Gasteiger partial charge in [0.25, 0.3) is 0 Å². The number of hydrogen-bond donors (Lipinski definition) is 3. The Bertz CT molecular complexity index is 593. The quantitative estimate of drug-likeness (QED) is 0.784. The van der Waals surface area contributed by atoms with Crippen LogP contribution in [0.4, 0.5) is 0 Å². The Morgan fingerprint density at radius 2 is 1.71 bits per heavy atom. The minimum absolute atomic E-state index is 0.00204. The highest BCUT2D eigenvalue weighted by Crippen LogP contribution is 2.29. The Hall–Kier alpha value is -2.00. The van der Waals surface area contributed by atoms with E-state index in [9.17, 15) is 10.2 Å². The maximum Gasteiger partial charge on any atom is 0.124 e. The van der Waals surface area contributed by atoms with E-state index in [0.29, 0.717) is 0 Å². The van der Waals surface area contributed by atoms with E-state index in [2.05, 4.69) is 31.3 Å². The highest BCUT2D eigenvalue weighted by molar-refractivity contribution is 5.40. The van der Waals surface area contributed by atoms with E-state index in [4.69, 9.17) is 0 Å². The largest absolute Gasteiger partial charge is 0.508 e. The average Bonchev–Trinajstić information content (AvgIpc) is 2.46. The molecule has 0 saturated carbocycles. The fourth-order valence-electron chi connectivity index (χ4n) is 2.41. The van der Waals surface area contributed by atoms with Crippen molar-refractivity contribution in [3.05, 3.63) is 59.7 Å². The lowest BCUT2D eigenvalue weighted by Crippen LogP contribution is -2.34. The summed E-state index contributed by atoms with van der Waals surface area (Å²) in [4.78, 5) is 0. The van der Waals surface area contributed by atoms with Crippen LogP contribution in [0.3, 0.4) is 0 Å². The van der Waals surface area contributed by atoms with Crippen LogP contribution in [0.1, 0.15) is 37.9 Å². The van der Waals surface area contributed by atoms with Gasteiger partial charge in [-0.2, -0.15) is 0 Å². The van der Waals surface area contributed by atoms with Gasteiger partial charge in [0, 0.05) is 29.6 Å². The van der Waals surface area contributed by atoms with Crippen molar-refractivity contribution in [1.82, 2.24) is 5.32 Å². The van der Waals surface area contributed by atoms with E-state index in [-0.39, 0.29) is 23.0 Å². The summed E-state index contributed by atoms with van der Waals surface area (Å²) < 4.78 is 0. The Morgan fingerprint density at radius 1 is 1.05 bits per heavy atom. The molecular weight excluding hydrogens is 262 g/mol. The van der Waals surface area contributed by atoms with Gasteiger partial charge in [0.15, 0.2) is 0 Å². The maximum absolute atomic E-state index is 9.91. The second-order valence-electron chi connectivity index (χ2n) is 6.10. The molecule has 0 aliphatic heterocycles. The lowest BCUT2D eigenvalue weighted by atomic mass is 9.84. The molecule has 0 fully saturated rings. The third-order valence-electron chi connectivity index (χ3n) is 3.89. The maximum atomic E-state index is 9.91. The number of aromatic hydroxyl groups is 2. The first-order valence-corrected chi connectivity index (χ1v) is 7.21. The molecule has 2 aromatic rings. The number of hydrogen-bond acceptors (Lipinski definition) is 3. The molecule has 2 rings (SSSR count). The standard InChI is InChI=1S/C18H23NO2/c1-13(16-10-9-15(20)11-17(16)21)19-12-18(2,3)14-7-5-4-6-8-14/h4-11,13,19-21H,12H2,1-3H3. The third kappa shape index (κ3) is 3.76. The molecule has 112 valence electrons. The molecule has 0 heterocycles. The predicted molar refractivity (Wildman–Crippen MR) is 85.7 cm³/mol. The van der Waals surface area contributed by atoms with E-state index >= 15 is 0 Å². The highest BCUT2D eigenvalue weighted by atomic mass is 16.3. The molecule has 21 heavy (non-hydrogen) atoms. The number of phenolic OH excluding ortho intramolecular Hbond substituents is 2. The molecule has 0 aliphatic rings. The fraction of sp³-hybridized carbons (Fsp3) is 0.333. The molecule has 0 radical (unpaired) electrons. The van der Waals surface area contributed by atoms with Crippen LogP contribution in [-0.4, -0.2) is 16.8 Å². The first-order chi connectivity index (χ1) is 9.90. The van der Waals surface area contributed by atoms with Gasteiger partial charge in [-0.1, -0.05) is 50.2 Å². The normalized spacial score (nSPS) is 13.1. The Kier molecular flexibility index (Phi) is 4.53. The Labute approximate surface area is 126 Å². The zero-order valence-corrected chi connectivity index (χ0v) is 12.8. The third-order valence-corrected chi connectivity index (χ3v) is 3.89. The molecule has 0 saturated heterocycles. The summed E-state index contributed by atoms with van der Waals surface area (Å²) in [5, 5.41) is 22.7. The van der Waals surface area contributed by atoms with Gasteiger partial charge in [-0.05, 0) is 18.6 Å². The molecule has 0 amide bonds. The van der Waals surface area contributed by atoms with Gasteiger partial charge in [-0.3, -0.25) is 0 Å². The molecule has 3 heteroatoms. The van der Waals surface area contributed by atoms with Crippen LogP contribution in [0, 0.1) is 0 Å². The van der Waals surface area contributed by atoms with Crippen molar-refractivity contribution in [2.75, 3.05) is 6.54 Å². The van der Waals surface area contributed by atoms with E-state index in [0.717, 1.165) is 12.1 Å². The molecule has 1 atom stereocenters. The smallest absolute Gasteiger partial charge is 0.124 e. The second-order valence-corrected chi connectivity index (χ2v) is 6.10. The monoisotopic (exact) mass is 285 g/mol. The van der Waals surface area contributed by atoms with Crippen molar-refractivity contribution in [2.45, 2.75) is 32.2 Å². The van der Waals surface area contributed by atoms with Gasteiger partial charge in [-0.25, -0.2) is 0 Å². The zero-order chi connectivity index (χ0) is 15.5. The van der Waals surface area contributed by atoms with Crippen LogP contribution >= 0.6 is 0 Å². The first kappa shape index (κ1) is 15.4.